The molecule has 0 saturated carbocycles. The van der Waals surface area contributed by atoms with Crippen LogP contribution >= 0.6 is 0 Å². The Morgan fingerprint density at radius 1 is 0.520 bits per heavy atom. The highest BCUT2D eigenvalue weighted by molar-refractivity contribution is 5.73. The lowest BCUT2D eigenvalue weighted by Crippen LogP contribution is -2.70. The van der Waals surface area contributed by atoms with Gasteiger partial charge in [0.25, 0.3) is 0 Å². The normalized spacial score (nSPS) is 48.5. The van der Waals surface area contributed by atoms with Gasteiger partial charge in [0.2, 0.25) is 11.8 Å². The van der Waals surface area contributed by atoms with E-state index in [0.717, 1.165) is 13.8 Å². The maximum absolute atomic E-state index is 12.0. The van der Waals surface area contributed by atoms with Crippen molar-refractivity contribution in [2.75, 3.05) is 19.8 Å². The van der Waals surface area contributed by atoms with Gasteiger partial charge in [0, 0.05) is 13.8 Å². The first kappa shape index (κ1) is 41.0. The number of ether oxygens (including phenoxy) is 7. The molecule has 0 aromatic rings. The molecule has 4 saturated heterocycles. The molecule has 4 fully saturated rings. The minimum Gasteiger partial charge on any atom is -0.394 e. The smallest absolute Gasteiger partial charge is 0.217 e. The number of nitrogens with one attached hydrogen (secondary N) is 2. The lowest BCUT2D eigenvalue weighted by atomic mass is 9.94. The highest BCUT2D eigenvalue weighted by Crippen LogP contribution is 2.35. The summed E-state index contributed by atoms with van der Waals surface area (Å²) in [5.74, 6) is -1.37. The Bertz CT molecular complexity index is 1130. The summed E-state index contributed by atoms with van der Waals surface area (Å²) in [6, 6.07) is -2.99. The number of carbonyl (C=O) groups is 2. The Morgan fingerprint density at radius 3 is 1.60 bits per heavy atom. The third-order valence-corrected chi connectivity index (χ3v) is 8.97. The number of rotatable bonds is 11. The highest BCUT2D eigenvalue weighted by Gasteiger charge is 2.56. The third kappa shape index (κ3) is 8.70. The lowest BCUT2D eigenvalue weighted by Gasteiger charge is -2.50. The summed E-state index contributed by atoms with van der Waals surface area (Å²) >= 11 is 0. The molecular formula is C28H48N2O20. The van der Waals surface area contributed by atoms with Crippen LogP contribution in [0.1, 0.15) is 20.8 Å². The van der Waals surface area contributed by atoms with E-state index >= 15 is 0 Å². The third-order valence-electron chi connectivity index (χ3n) is 8.97. The summed E-state index contributed by atoms with van der Waals surface area (Å²) < 4.78 is 40.0. The molecule has 290 valence electrons. The van der Waals surface area contributed by atoms with Crippen molar-refractivity contribution in [2.45, 2.75) is 143 Å². The van der Waals surface area contributed by atoms with Crippen molar-refractivity contribution in [2.24, 2.45) is 0 Å². The molecule has 0 aromatic carbocycles. The Morgan fingerprint density at radius 2 is 1.02 bits per heavy atom. The van der Waals surface area contributed by atoms with E-state index < -0.39 is 154 Å². The maximum atomic E-state index is 12.0. The number of hydrogen-bond acceptors (Lipinski definition) is 20. The molecular weight excluding hydrogens is 684 g/mol. The summed E-state index contributed by atoms with van der Waals surface area (Å²) in [6.45, 7) is 0.946. The van der Waals surface area contributed by atoms with Gasteiger partial charge in [0.15, 0.2) is 25.2 Å². The van der Waals surface area contributed by atoms with Gasteiger partial charge in [0.1, 0.15) is 91.4 Å². The van der Waals surface area contributed by atoms with Gasteiger partial charge < -0.3 is 100.0 Å². The summed E-state index contributed by atoms with van der Waals surface area (Å²) in [5, 5.41) is 120. The minimum absolute atomic E-state index is 0.670. The summed E-state index contributed by atoms with van der Waals surface area (Å²) in [6.07, 6.45) is -30.6. The predicted molar refractivity (Wildman–Crippen MR) is 156 cm³/mol. The van der Waals surface area contributed by atoms with Gasteiger partial charge in [0.05, 0.1) is 25.9 Å². The Hall–Kier alpha value is -1.78. The molecule has 4 aliphatic rings. The van der Waals surface area contributed by atoms with Crippen LogP contribution in [0.25, 0.3) is 0 Å². The molecule has 50 heavy (non-hydrogen) atoms. The largest absolute Gasteiger partial charge is 0.394 e. The number of carbonyl (C=O) groups excluding carboxylic acids is 2. The van der Waals surface area contributed by atoms with Crippen molar-refractivity contribution in [3.05, 3.63) is 0 Å². The Balaban J connectivity index is 1.69. The number of hydrogen-bond donors (Lipinski definition) is 13. The lowest BCUT2D eigenvalue weighted by molar-refractivity contribution is -0.391. The summed E-state index contributed by atoms with van der Waals surface area (Å²) in [5.41, 5.74) is 0. The zero-order chi connectivity index (χ0) is 37.2. The number of aliphatic hydroxyl groups excluding tert-OH is 11. The topological polar surface area (TPSA) is 345 Å². The van der Waals surface area contributed by atoms with Crippen LogP contribution in [0.15, 0.2) is 0 Å². The zero-order valence-electron chi connectivity index (χ0n) is 27.3. The summed E-state index contributed by atoms with van der Waals surface area (Å²) in [4.78, 5) is 23.7. The van der Waals surface area contributed by atoms with Gasteiger partial charge in [-0.3, -0.25) is 9.59 Å². The number of aliphatic hydroxyl groups is 11. The van der Waals surface area contributed by atoms with Gasteiger partial charge in [-0.15, -0.1) is 0 Å². The molecule has 13 N–H and O–H groups in total. The van der Waals surface area contributed by atoms with Crippen molar-refractivity contribution in [1.82, 2.24) is 10.6 Å². The molecule has 0 spiro atoms. The Kier molecular flexibility index (Phi) is 14.2. The molecule has 0 radical (unpaired) electrons. The zero-order valence-corrected chi connectivity index (χ0v) is 27.3. The van der Waals surface area contributed by atoms with E-state index in [1.165, 1.54) is 6.92 Å². The van der Waals surface area contributed by atoms with E-state index in [4.69, 9.17) is 33.2 Å². The van der Waals surface area contributed by atoms with Crippen LogP contribution in [0.5, 0.6) is 0 Å². The fourth-order valence-electron chi connectivity index (χ4n) is 6.29. The Labute approximate surface area is 285 Å². The fourth-order valence-corrected chi connectivity index (χ4v) is 6.29. The van der Waals surface area contributed by atoms with Crippen LogP contribution in [0.4, 0.5) is 0 Å². The second-order valence-electron chi connectivity index (χ2n) is 12.6. The minimum atomic E-state index is -2.05. The SMILES string of the molecule is CC(=O)N[C@@H]1[C@@H](O)[C@H](O[C@@H]2O[C@H](CO)[C@H](O[C@@H]3O[C@H](CO)[C@H](O)[C@H](O)[C@H]3NC(C)=O)[C@H](O[C@@H]3O[C@@H](C)[C@@H](O)[C@@H](O)[C@@H]3O)[C@H]2O)[C@@H](CO)O[C@H]1O. The molecule has 22 heteroatoms. The van der Waals surface area contributed by atoms with Crippen molar-refractivity contribution in [3.63, 3.8) is 0 Å². The monoisotopic (exact) mass is 732 g/mol. The van der Waals surface area contributed by atoms with Gasteiger partial charge in [-0.05, 0) is 6.92 Å². The van der Waals surface area contributed by atoms with Crippen molar-refractivity contribution >= 4 is 11.8 Å². The molecule has 4 aliphatic heterocycles. The molecule has 22 nitrogen and oxygen atoms in total. The van der Waals surface area contributed by atoms with Crippen LogP contribution in [-0.4, -0.2) is 211 Å². The molecule has 4 heterocycles. The van der Waals surface area contributed by atoms with Crippen LogP contribution in [0.2, 0.25) is 0 Å². The first-order valence-electron chi connectivity index (χ1n) is 15.9. The first-order valence-corrected chi connectivity index (χ1v) is 15.9. The van der Waals surface area contributed by atoms with Crippen molar-refractivity contribution < 1.29 is 98.9 Å². The van der Waals surface area contributed by atoms with E-state index in [2.05, 4.69) is 10.6 Å². The molecule has 0 aliphatic carbocycles. The van der Waals surface area contributed by atoms with E-state index in [1.54, 1.807) is 0 Å². The van der Waals surface area contributed by atoms with Crippen LogP contribution in [0.3, 0.4) is 0 Å². The fraction of sp³-hybridized carbons (Fsp3) is 0.929. The average Bonchev–Trinajstić information content (AvgIpc) is 3.07. The van der Waals surface area contributed by atoms with E-state index in [1.807, 2.05) is 0 Å². The van der Waals surface area contributed by atoms with Gasteiger partial charge >= 0.3 is 0 Å². The maximum Gasteiger partial charge on any atom is 0.217 e. The van der Waals surface area contributed by atoms with Crippen molar-refractivity contribution in [3.8, 4) is 0 Å². The quantitative estimate of drug-likeness (QED) is 0.0938. The number of amides is 2. The van der Waals surface area contributed by atoms with Gasteiger partial charge in [-0.1, -0.05) is 0 Å². The second kappa shape index (κ2) is 17.4. The van der Waals surface area contributed by atoms with Gasteiger partial charge in [-0.25, -0.2) is 0 Å². The van der Waals surface area contributed by atoms with Crippen LogP contribution < -0.4 is 10.6 Å². The van der Waals surface area contributed by atoms with E-state index in [0.29, 0.717) is 0 Å². The second-order valence-corrected chi connectivity index (χ2v) is 12.6. The molecule has 0 aromatic heterocycles. The molecule has 20 atom stereocenters. The average molecular weight is 733 g/mol. The van der Waals surface area contributed by atoms with Crippen LogP contribution in [0, 0.1) is 0 Å². The van der Waals surface area contributed by atoms with E-state index in [9.17, 15) is 65.8 Å². The molecule has 0 bridgehead atoms. The van der Waals surface area contributed by atoms with E-state index in [-0.39, 0.29) is 0 Å². The van der Waals surface area contributed by atoms with Gasteiger partial charge in [-0.2, -0.15) is 0 Å². The molecule has 4 rings (SSSR count). The van der Waals surface area contributed by atoms with Crippen LogP contribution in [-0.2, 0) is 42.7 Å². The summed E-state index contributed by atoms with van der Waals surface area (Å²) in [7, 11) is 0. The highest BCUT2D eigenvalue weighted by atomic mass is 16.8. The first-order chi connectivity index (χ1) is 23.5. The molecule has 2 amide bonds. The predicted octanol–water partition coefficient (Wildman–Crippen LogP) is -8.43. The van der Waals surface area contributed by atoms with Crippen molar-refractivity contribution in [1.29, 1.82) is 0 Å². The standard InChI is InChI=1S/C28H48N2O20/c1-7-15(36)19(40)20(41)27(44-7)50-24-21(42)28(48-22-11(5-32)45-25(43)13(18(22)39)29-8(2)34)47-12(6-33)23(24)49-26-14(30-9(3)35)17(38)16(37)10(4-31)46-26/h7,10-28,31-33,36-43H,4-6H2,1-3H3,(H,29,34)(H,30,35)/t7-,10+,11+,12+,13+,14+,15+,16-,17+,18+,19+,20-,21+,22+,23-,24+,25+,26-,27-,28-/m0/s1. The molecule has 0 unspecified atom stereocenters.